The molecule has 110 valence electrons. The Balaban J connectivity index is 1.90. The first kappa shape index (κ1) is 14.8. The summed E-state index contributed by atoms with van der Waals surface area (Å²) in [5.74, 6) is 0.272. The fourth-order valence-electron chi connectivity index (χ4n) is 2.59. The summed E-state index contributed by atoms with van der Waals surface area (Å²) < 4.78 is 0. The molecule has 1 heterocycles. The summed E-state index contributed by atoms with van der Waals surface area (Å²) >= 11 is 0. The number of oxime groups is 1. The number of piperazine rings is 1. The van der Waals surface area contributed by atoms with Crippen molar-refractivity contribution in [1.82, 2.24) is 9.80 Å². The van der Waals surface area contributed by atoms with Crippen molar-refractivity contribution >= 4 is 5.84 Å². The topological polar surface area (TPSA) is 65.1 Å². The molecule has 3 N–H and O–H groups in total. The standard InChI is InChI=1S/C15H24N4O/c1-15(2,14(16)17-20)19-10-8-18(9-11-19)12-13-6-4-3-5-7-13/h3-7,20H,8-12H2,1-2H3,(H2,16,17). The number of amidine groups is 1. The van der Waals surface area contributed by atoms with Gasteiger partial charge in [-0.1, -0.05) is 35.5 Å². The predicted molar refractivity (Wildman–Crippen MR) is 80.8 cm³/mol. The van der Waals surface area contributed by atoms with E-state index in [2.05, 4.69) is 39.2 Å². The van der Waals surface area contributed by atoms with Crippen LogP contribution in [0, 0.1) is 0 Å². The van der Waals surface area contributed by atoms with Crippen molar-refractivity contribution < 1.29 is 5.21 Å². The molecule has 0 aliphatic carbocycles. The van der Waals surface area contributed by atoms with Crippen molar-refractivity contribution in [1.29, 1.82) is 0 Å². The van der Waals surface area contributed by atoms with Crippen LogP contribution in [0.5, 0.6) is 0 Å². The van der Waals surface area contributed by atoms with Crippen LogP contribution in [-0.4, -0.2) is 52.6 Å². The van der Waals surface area contributed by atoms with Gasteiger partial charge in [0.2, 0.25) is 0 Å². The van der Waals surface area contributed by atoms with Gasteiger partial charge in [0.1, 0.15) is 0 Å². The van der Waals surface area contributed by atoms with Crippen molar-refractivity contribution in [2.75, 3.05) is 26.2 Å². The van der Waals surface area contributed by atoms with Crippen LogP contribution in [-0.2, 0) is 6.54 Å². The van der Waals surface area contributed by atoms with Crippen LogP contribution in [0.4, 0.5) is 0 Å². The van der Waals surface area contributed by atoms with E-state index in [-0.39, 0.29) is 5.84 Å². The minimum atomic E-state index is -0.395. The van der Waals surface area contributed by atoms with Gasteiger partial charge in [-0.25, -0.2) is 0 Å². The summed E-state index contributed by atoms with van der Waals surface area (Å²) in [7, 11) is 0. The average Bonchev–Trinajstić information content (AvgIpc) is 2.48. The van der Waals surface area contributed by atoms with Gasteiger partial charge in [0.25, 0.3) is 0 Å². The summed E-state index contributed by atoms with van der Waals surface area (Å²) in [4.78, 5) is 4.71. The third kappa shape index (κ3) is 3.29. The van der Waals surface area contributed by atoms with Crippen LogP contribution in [0.25, 0.3) is 0 Å². The van der Waals surface area contributed by atoms with Crippen LogP contribution < -0.4 is 5.73 Å². The van der Waals surface area contributed by atoms with E-state index in [9.17, 15) is 0 Å². The van der Waals surface area contributed by atoms with Gasteiger partial charge >= 0.3 is 0 Å². The lowest BCUT2D eigenvalue weighted by Gasteiger charge is -2.43. The fourth-order valence-corrected chi connectivity index (χ4v) is 2.59. The minimum Gasteiger partial charge on any atom is -0.409 e. The highest BCUT2D eigenvalue weighted by atomic mass is 16.4. The van der Waals surface area contributed by atoms with Gasteiger partial charge in [-0.3, -0.25) is 9.80 Å². The molecular formula is C15H24N4O. The molecule has 0 saturated carbocycles. The Morgan fingerprint density at radius 1 is 1.20 bits per heavy atom. The Bertz CT molecular complexity index is 450. The van der Waals surface area contributed by atoms with Crippen LogP contribution in [0.3, 0.4) is 0 Å². The highest BCUT2D eigenvalue weighted by Gasteiger charge is 2.33. The Morgan fingerprint density at radius 3 is 2.35 bits per heavy atom. The van der Waals surface area contributed by atoms with Gasteiger partial charge in [-0.15, -0.1) is 0 Å². The van der Waals surface area contributed by atoms with Crippen LogP contribution >= 0.6 is 0 Å². The van der Waals surface area contributed by atoms with Crippen molar-refractivity contribution in [2.24, 2.45) is 10.9 Å². The van der Waals surface area contributed by atoms with Crippen LogP contribution in [0.2, 0.25) is 0 Å². The lowest BCUT2D eigenvalue weighted by atomic mass is 10.00. The number of hydrogen-bond donors (Lipinski definition) is 2. The molecule has 0 atom stereocenters. The Hall–Kier alpha value is -1.59. The van der Waals surface area contributed by atoms with E-state index in [1.54, 1.807) is 0 Å². The Morgan fingerprint density at radius 2 is 1.80 bits per heavy atom. The largest absolute Gasteiger partial charge is 0.409 e. The third-order valence-corrected chi connectivity index (χ3v) is 4.15. The molecule has 1 aromatic rings. The lowest BCUT2D eigenvalue weighted by Crippen LogP contribution is -2.59. The summed E-state index contributed by atoms with van der Waals surface area (Å²) in [6.07, 6.45) is 0. The molecule has 0 unspecified atom stereocenters. The molecule has 1 aliphatic rings. The molecule has 0 radical (unpaired) electrons. The van der Waals surface area contributed by atoms with Crippen molar-refractivity contribution in [2.45, 2.75) is 25.9 Å². The second kappa shape index (κ2) is 6.24. The zero-order chi connectivity index (χ0) is 14.6. The number of hydrogen-bond acceptors (Lipinski definition) is 4. The lowest BCUT2D eigenvalue weighted by molar-refractivity contribution is 0.0794. The van der Waals surface area contributed by atoms with Gasteiger partial charge in [-0.05, 0) is 19.4 Å². The van der Waals surface area contributed by atoms with Gasteiger partial charge in [-0.2, -0.15) is 0 Å². The van der Waals surface area contributed by atoms with Crippen molar-refractivity contribution in [3.05, 3.63) is 35.9 Å². The second-order valence-corrected chi connectivity index (χ2v) is 5.79. The zero-order valence-corrected chi connectivity index (χ0v) is 12.3. The van der Waals surface area contributed by atoms with Gasteiger partial charge in [0.05, 0.1) is 5.54 Å². The smallest absolute Gasteiger partial charge is 0.159 e. The third-order valence-electron chi connectivity index (χ3n) is 4.15. The Kier molecular flexibility index (Phi) is 4.62. The number of nitrogens with zero attached hydrogens (tertiary/aromatic N) is 3. The number of rotatable bonds is 4. The first-order valence-electron chi connectivity index (χ1n) is 7.03. The quantitative estimate of drug-likeness (QED) is 0.377. The van der Waals surface area contributed by atoms with E-state index in [1.807, 2.05) is 19.9 Å². The normalized spacial score (nSPS) is 19.2. The van der Waals surface area contributed by atoms with E-state index in [0.717, 1.165) is 32.7 Å². The van der Waals surface area contributed by atoms with Gasteiger partial charge < -0.3 is 10.9 Å². The maximum atomic E-state index is 8.87. The molecule has 0 spiro atoms. The number of benzene rings is 1. The van der Waals surface area contributed by atoms with E-state index in [1.165, 1.54) is 5.56 Å². The molecule has 1 aliphatic heterocycles. The van der Waals surface area contributed by atoms with Crippen molar-refractivity contribution in [3.63, 3.8) is 0 Å². The zero-order valence-electron chi connectivity index (χ0n) is 12.3. The molecule has 1 fully saturated rings. The highest BCUT2D eigenvalue weighted by Crippen LogP contribution is 2.18. The summed E-state index contributed by atoms with van der Waals surface area (Å²) in [6, 6.07) is 10.5. The molecular weight excluding hydrogens is 252 g/mol. The molecule has 1 aromatic carbocycles. The van der Waals surface area contributed by atoms with Crippen LogP contribution in [0.15, 0.2) is 35.5 Å². The van der Waals surface area contributed by atoms with Gasteiger partial charge in [0, 0.05) is 32.7 Å². The predicted octanol–water partition coefficient (Wildman–Crippen LogP) is 1.33. The fraction of sp³-hybridized carbons (Fsp3) is 0.533. The maximum absolute atomic E-state index is 8.87. The average molecular weight is 276 g/mol. The molecule has 0 amide bonds. The molecule has 5 nitrogen and oxygen atoms in total. The molecule has 20 heavy (non-hydrogen) atoms. The summed E-state index contributed by atoms with van der Waals surface area (Å²) in [5.41, 5.74) is 6.73. The molecule has 1 saturated heterocycles. The van der Waals surface area contributed by atoms with E-state index in [4.69, 9.17) is 10.9 Å². The first-order chi connectivity index (χ1) is 9.54. The van der Waals surface area contributed by atoms with Gasteiger partial charge in [0.15, 0.2) is 5.84 Å². The van der Waals surface area contributed by atoms with Crippen LogP contribution in [0.1, 0.15) is 19.4 Å². The number of nitrogens with two attached hydrogens (primary N) is 1. The maximum Gasteiger partial charge on any atom is 0.159 e. The van der Waals surface area contributed by atoms with E-state index in [0.29, 0.717) is 0 Å². The first-order valence-corrected chi connectivity index (χ1v) is 7.03. The van der Waals surface area contributed by atoms with Crippen molar-refractivity contribution in [3.8, 4) is 0 Å². The monoisotopic (exact) mass is 276 g/mol. The molecule has 2 rings (SSSR count). The molecule has 0 bridgehead atoms. The molecule has 0 aromatic heterocycles. The molecule has 5 heteroatoms. The summed E-state index contributed by atoms with van der Waals surface area (Å²) in [6.45, 7) is 8.82. The van der Waals surface area contributed by atoms with E-state index >= 15 is 0 Å². The summed E-state index contributed by atoms with van der Waals surface area (Å²) in [5, 5.41) is 12.0. The SMILES string of the molecule is CC(C)(C(N)=NO)N1CCN(Cc2ccccc2)CC1. The Labute approximate surface area is 120 Å². The highest BCUT2D eigenvalue weighted by molar-refractivity contribution is 5.88. The second-order valence-electron chi connectivity index (χ2n) is 5.79. The minimum absolute atomic E-state index is 0.272. The van der Waals surface area contributed by atoms with E-state index < -0.39 is 5.54 Å².